The molecule has 1 amide bonds. The van der Waals surface area contributed by atoms with Gasteiger partial charge in [0.15, 0.2) is 0 Å². The van der Waals surface area contributed by atoms with Crippen LogP contribution in [-0.2, 0) is 11.2 Å². The number of hydrogen-bond acceptors (Lipinski definition) is 5. The summed E-state index contributed by atoms with van der Waals surface area (Å²) in [6.45, 7) is 1.89. The lowest BCUT2D eigenvalue weighted by Crippen LogP contribution is -2.14. The molecular weight excluding hydrogens is 329 g/mol. The van der Waals surface area contributed by atoms with E-state index < -0.39 is 12.6 Å². The second-order valence-corrected chi connectivity index (χ2v) is 5.80. The fourth-order valence-corrected chi connectivity index (χ4v) is 2.81. The van der Waals surface area contributed by atoms with Crippen LogP contribution in [0.1, 0.15) is 24.3 Å². The number of nitrogens with zero attached hydrogens (tertiary/aromatic N) is 2. The van der Waals surface area contributed by atoms with Crippen LogP contribution in [0, 0.1) is 5.92 Å². The van der Waals surface area contributed by atoms with Crippen LogP contribution in [0.15, 0.2) is 0 Å². The third-order valence-corrected chi connectivity index (χ3v) is 3.85. The average Bonchev–Trinajstić information content (AvgIpc) is 2.96. The zero-order valence-electron chi connectivity index (χ0n) is 11.1. The Bertz CT molecular complexity index is 463. The molecule has 0 saturated carbocycles. The number of alkyl halides is 3. The molecule has 0 bridgehead atoms. The minimum atomic E-state index is -4.31. The van der Waals surface area contributed by atoms with Crippen molar-refractivity contribution in [1.82, 2.24) is 15.5 Å². The maximum absolute atomic E-state index is 12.2. The van der Waals surface area contributed by atoms with E-state index in [1.54, 1.807) is 0 Å². The molecule has 2 heterocycles. The van der Waals surface area contributed by atoms with E-state index in [1.807, 2.05) is 0 Å². The Morgan fingerprint density at radius 2 is 2.19 bits per heavy atom. The number of amides is 1. The molecule has 2 N–H and O–H groups in total. The number of carbonyl (C=O) groups excluding carboxylic acids is 1. The highest BCUT2D eigenvalue weighted by Gasteiger charge is 2.30. The summed E-state index contributed by atoms with van der Waals surface area (Å²) in [5.41, 5.74) is 0. The van der Waals surface area contributed by atoms with Gasteiger partial charge in [0.05, 0.1) is 6.42 Å². The van der Waals surface area contributed by atoms with Gasteiger partial charge in [-0.15, -0.1) is 22.6 Å². The van der Waals surface area contributed by atoms with Crippen molar-refractivity contribution in [2.24, 2.45) is 5.92 Å². The van der Waals surface area contributed by atoms with Crippen molar-refractivity contribution in [1.29, 1.82) is 0 Å². The van der Waals surface area contributed by atoms with Gasteiger partial charge >= 0.3 is 6.18 Å². The SMILES string of the molecule is Cl.O=C(CCC1CCNC1)Nc1nnc(CC(F)(F)F)s1. The molecule has 10 heteroatoms. The van der Waals surface area contributed by atoms with Gasteiger partial charge in [0.1, 0.15) is 5.01 Å². The van der Waals surface area contributed by atoms with Crippen molar-refractivity contribution < 1.29 is 18.0 Å². The highest BCUT2D eigenvalue weighted by atomic mass is 35.5. The quantitative estimate of drug-likeness (QED) is 0.860. The number of aromatic nitrogens is 2. The van der Waals surface area contributed by atoms with Crippen molar-refractivity contribution in [3.05, 3.63) is 5.01 Å². The lowest BCUT2D eigenvalue weighted by atomic mass is 10.0. The summed E-state index contributed by atoms with van der Waals surface area (Å²) in [6, 6.07) is 0. The predicted molar refractivity (Wildman–Crippen MR) is 75.8 cm³/mol. The van der Waals surface area contributed by atoms with Crippen LogP contribution >= 0.6 is 23.7 Å². The normalized spacial score (nSPS) is 18.3. The van der Waals surface area contributed by atoms with Crippen LogP contribution < -0.4 is 10.6 Å². The molecule has 1 fully saturated rings. The number of carbonyl (C=O) groups is 1. The van der Waals surface area contributed by atoms with Gasteiger partial charge in [-0.05, 0) is 31.8 Å². The van der Waals surface area contributed by atoms with E-state index in [-0.39, 0.29) is 28.5 Å². The van der Waals surface area contributed by atoms with Gasteiger partial charge in [0.25, 0.3) is 0 Å². The zero-order valence-corrected chi connectivity index (χ0v) is 12.7. The first-order chi connectivity index (χ1) is 9.42. The van der Waals surface area contributed by atoms with Crippen LogP contribution in [0.2, 0.25) is 0 Å². The zero-order chi connectivity index (χ0) is 14.6. The molecule has 1 unspecified atom stereocenters. The first kappa shape index (κ1) is 18.1. The molecule has 120 valence electrons. The lowest BCUT2D eigenvalue weighted by Gasteiger charge is -2.06. The first-order valence-electron chi connectivity index (χ1n) is 6.32. The molecule has 0 spiro atoms. The summed E-state index contributed by atoms with van der Waals surface area (Å²) in [7, 11) is 0. The number of hydrogen-bond donors (Lipinski definition) is 2. The number of anilines is 1. The molecular formula is C11H16ClF3N4OS. The Labute approximate surface area is 130 Å². The minimum absolute atomic E-state index is 0. The molecule has 0 aliphatic carbocycles. The Hall–Kier alpha value is -0.930. The Morgan fingerprint density at radius 1 is 1.43 bits per heavy atom. The second-order valence-electron chi connectivity index (χ2n) is 4.74. The second kappa shape index (κ2) is 7.90. The fourth-order valence-electron chi connectivity index (χ4n) is 2.02. The summed E-state index contributed by atoms with van der Waals surface area (Å²) in [4.78, 5) is 11.6. The van der Waals surface area contributed by atoms with Gasteiger partial charge in [0, 0.05) is 6.42 Å². The molecule has 5 nitrogen and oxygen atoms in total. The van der Waals surface area contributed by atoms with Gasteiger partial charge < -0.3 is 10.6 Å². The molecule has 1 atom stereocenters. The molecule has 1 aromatic rings. The largest absolute Gasteiger partial charge is 0.395 e. The van der Waals surface area contributed by atoms with Crippen LogP contribution in [0.5, 0.6) is 0 Å². The third-order valence-electron chi connectivity index (χ3n) is 3.01. The standard InChI is InChI=1S/C11H15F3N4OS.ClH/c12-11(13,14)5-9-17-18-10(20-9)16-8(19)2-1-7-3-4-15-6-7;/h7,15H,1-6H2,(H,16,18,19);1H. The average molecular weight is 345 g/mol. The molecule has 1 aliphatic heterocycles. The van der Waals surface area contributed by atoms with Gasteiger partial charge in [-0.1, -0.05) is 11.3 Å². The van der Waals surface area contributed by atoms with E-state index in [0.717, 1.165) is 37.3 Å². The molecule has 2 rings (SSSR count). The van der Waals surface area contributed by atoms with E-state index in [1.165, 1.54) is 0 Å². The van der Waals surface area contributed by atoms with Crippen molar-refractivity contribution in [3.63, 3.8) is 0 Å². The van der Waals surface area contributed by atoms with Crippen LogP contribution in [0.3, 0.4) is 0 Å². The van der Waals surface area contributed by atoms with Crippen molar-refractivity contribution in [3.8, 4) is 0 Å². The highest BCUT2D eigenvalue weighted by molar-refractivity contribution is 7.15. The molecule has 1 saturated heterocycles. The lowest BCUT2D eigenvalue weighted by molar-refractivity contribution is -0.127. The van der Waals surface area contributed by atoms with E-state index in [0.29, 0.717) is 12.3 Å². The van der Waals surface area contributed by atoms with Crippen molar-refractivity contribution in [2.45, 2.75) is 31.9 Å². The summed E-state index contributed by atoms with van der Waals surface area (Å²) in [5, 5.41) is 12.6. The Kier molecular flexibility index (Phi) is 6.82. The maximum atomic E-state index is 12.2. The van der Waals surface area contributed by atoms with Crippen LogP contribution in [0.25, 0.3) is 0 Å². The van der Waals surface area contributed by atoms with Crippen molar-refractivity contribution >= 4 is 34.8 Å². The van der Waals surface area contributed by atoms with E-state index in [4.69, 9.17) is 0 Å². The summed E-state index contributed by atoms with van der Waals surface area (Å²) in [6.07, 6.45) is -3.25. The van der Waals surface area contributed by atoms with Gasteiger partial charge in [-0.3, -0.25) is 4.79 Å². The first-order valence-corrected chi connectivity index (χ1v) is 7.14. The molecule has 0 radical (unpaired) electrons. The smallest absolute Gasteiger partial charge is 0.316 e. The predicted octanol–water partition coefficient (Wildman–Crippen LogP) is 2.39. The fraction of sp³-hybridized carbons (Fsp3) is 0.727. The molecule has 0 aromatic carbocycles. The minimum Gasteiger partial charge on any atom is -0.316 e. The molecule has 21 heavy (non-hydrogen) atoms. The summed E-state index contributed by atoms with van der Waals surface area (Å²) < 4.78 is 36.5. The number of rotatable bonds is 5. The van der Waals surface area contributed by atoms with Gasteiger partial charge in [-0.25, -0.2) is 0 Å². The van der Waals surface area contributed by atoms with Gasteiger partial charge in [-0.2, -0.15) is 13.2 Å². The van der Waals surface area contributed by atoms with E-state index in [2.05, 4.69) is 20.8 Å². The maximum Gasteiger partial charge on any atom is 0.395 e. The Balaban J connectivity index is 0.00000220. The number of halogens is 4. The van der Waals surface area contributed by atoms with Crippen LogP contribution in [-0.4, -0.2) is 35.4 Å². The van der Waals surface area contributed by atoms with E-state index in [9.17, 15) is 18.0 Å². The van der Waals surface area contributed by atoms with Crippen molar-refractivity contribution in [2.75, 3.05) is 18.4 Å². The van der Waals surface area contributed by atoms with Gasteiger partial charge in [0.2, 0.25) is 11.0 Å². The third kappa shape index (κ3) is 6.58. The summed E-state index contributed by atoms with van der Waals surface area (Å²) in [5.74, 6) is 0.266. The number of nitrogens with one attached hydrogen (secondary N) is 2. The van der Waals surface area contributed by atoms with E-state index >= 15 is 0 Å². The monoisotopic (exact) mass is 344 g/mol. The molecule has 1 aliphatic rings. The highest BCUT2D eigenvalue weighted by Crippen LogP contribution is 2.25. The Morgan fingerprint density at radius 3 is 2.81 bits per heavy atom. The van der Waals surface area contributed by atoms with Crippen LogP contribution in [0.4, 0.5) is 18.3 Å². The summed E-state index contributed by atoms with van der Waals surface area (Å²) >= 11 is 0.760. The molecule has 1 aromatic heterocycles. The topological polar surface area (TPSA) is 66.9 Å².